The van der Waals surface area contributed by atoms with E-state index in [4.69, 9.17) is 9.47 Å². The van der Waals surface area contributed by atoms with Gasteiger partial charge in [0.25, 0.3) is 0 Å². The van der Waals surface area contributed by atoms with Gasteiger partial charge in [0.05, 0.1) is 19.2 Å². The van der Waals surface area contributed by atoms with Gasteiger partial charge in [0, 0.05) is 30.6 Å². The minimum Gasteiger partial charge on any atom is -0.488 e. The van der Waals surface area contributed by atoms with Crippen LogP contribution in [0, 0.1) is 12.7 Å². The molecular weight excluding hydrogens is 299 g/mol. The second-order valence-electron chi connectivity index (χ2n) is 5.28. The maximum atomic E-state index is 12.9. The van der Waals surface area contributed by atoms with Gasteiger partial charge in [0.1, 0.15) is 23.4 Å². The molecule has 0 spiro atoms. The second-order valence-corrected chi connectivity index (χ2v) is 5.28. The lowest BCUT2D eigenvalue weighted by Gasteiger charge is -2.14. The fraction of sp³-hybridized carbons (Fsp3) is 0.353. The zero-order valence-electron chi connectivity index (χ0n) is 13.4. The minimum absolute atomic E-state index is 0.0593. The average molecular weight is 318 g/mol. The van der Waals surface area contributed by atoms with E-state index in [1.54, 1.807) is 26.2 Å². The van der Waals surface area contributed by atoms with E-state index in [0.29, 0.717) is 29.4 Å². The van der Waals surface area contributed by atoms with Crippen molar-refractivity contribution in [2.75, 3.05) is 13.7 Å². The maximum absolute atomic E-state index is 12.9. The van der Waals surface area contributed by atoms with Crippen LogP contribution in [0.3, 0.4) is 0 Å². The molecule has 0 unspecified atom stereocenters. The van der Waals surface area contributed by atoms with Crippen LogP contribution in [0.15, 0.2) is 30.5 Å². The normalized spacial score (nSPS) is 12.0. The van der Waals surface area contributed by atoms with Gasteiger partial charge in [-0.1, -0.05) is 0 Å². The molecule has 0 aromatic carbocycles. The van der Waals surface area contributed by atoms with Crippen molar-refractivity contribution in [3.63, 3.8) is 0 Å². The predicted octanol–water partition coefficient (Wildman–Crippen LogP) is 2.76. The van der Waals surface area contributed by atoms with Crippen molar-refractivity contribution in [3.8, 4) is 5.75 Å². The summed E-state index contributed by atoms with van der Waals surface area (Å²) in [6.07, 6.45) is 1.01. The quantitative estimate of drug-likeness (QED) is 0.735. The van der Waals surface area contributed by atoms with E-state index in [2.05, 4.69) is 9.97 Å². The maximum Gasteiger partial charge on any atom is 0.187 e. The number of carbonyl (C=O) groups is 1. The van der Waals surface area contributed by atoms with Gasteiger partial charge in [-0.3, -0.25) is 9.78 Å². The third-order valence-electron chi connectivity index (χ3n) is 3.08. The first-order valence-electron chi connectivity index (χ1n) is 7.26. The first-order valence-corrected chi connectivity index (χ1v) is 7.26. The summed E-state index contributed by atoms with van der Waals surface area (Å²) in [7, 11) is 1.60. The molecule has 0 aliphatic carbocycles. The number of aromatic nitrogens is 2. The number of pyridine rings is 2. The first-order chi connectivity index (χ1) is 11.0. The molecule has 122 valence electrons. The van der Waals surface area contributed by atoms with Crippen molar-refractivity contribution in [1.29, 1.82) is 0 Å². The Kier molecular flexibility index (Phi) is 5.76. The fourth-order valence-corrected chi connectivity index (χ4v) is 2.11. The zero-order valence-corrected chi connectivity index (χ0v) is 13.4. The van der Waals surface area contributed by atoms with E-state index in [1.165, 1.54) is 12.1 Å². The fourth-order valence-electron chi connectivity index (χ4n) is 2.11. The van der Waals surface area contributed by atoms with Gasteiger partial charge in [-0.2, -0.15) is 0 Å². The van der Waals surface area contributed by atoms with Crippen LogP contribution in [-0.2, 0) is 11.2 Å². The summed E-state index contributed by atoms with van der Waals surface area (Å²) in [6.45, 7) is 4.12. The summed E-state index contributed by atoms with van der Waals surface area (Å²) in [4.78, 5) is 20.5. The second kappa shape index (κ2) is 7.78. The SMILES string of the molecule is COC[C@H](C)Oc1cc(C)nc(C(=O)Cc2ccc(F)cn2)c1. The number of rotatable bonds is 7. The Morgan fingerprint density at radius 3 is 2.78 bits per heavy atom. The van der Waals surface area contributed by atoms with E-state index in [-0.39, 0.29) is 18.3 Å². The molecule has 0 aliphatic heterocycles. The largest absolute Gasteiger partial charge is 0.488 e. The molecule has 0 bridgehead atoms. The summed E-state index contributed by atoms with van der Waals surface area (Å²) in [5, 5.41) is 0. The van der Waals surface area contributed by atoms with Crippen LogP contribution >= 0.6 is 0 Å². The molecule has 0 N–H and O–H groups in total. The van der Waals surface area contributed by atoms with Crippen molar-refractivity contribution >= 4 is 5.78 Å². The van der Waals surface area contributed by atoms with Crippen LogP contribution in [0.4, 0.5) is 4.39 Å². The Labute approximate surface area is 134 Å². The molecule has 2 aromatic rings. The number of carbonyl (C=O) groups excluding carboxylic acids is 1. The monoisotopic (exact) mass is 318 g/mol. The standard InChI is InChI=1S/C17H19FN2O3/c1-11-6-15(23-12(2)10-22-3)8-16(20-11)17(21)7-14-5-4-13(18)9-19-14/h4-6,8-9,12H,7,10H2,1-3H3/t12-/m0/s1. The lowest BCUT2D eigenvalue weighted by Crippen LogP contribution is -2.18. The Morgan fingerprint density at radius 1 is 1.35 bits per heavy atom. The molecule has 0 saturated heterocycles. The topological polar surface area (TPSA) is 61.3 Å². The molecule has 0 fully saturated rings. The first kappa shape index (κ1) is 17.0. The number of ether oxygens (including phenoxy) is 2. The van der Waals surface area contributed by atoms with Crippen molar-refractivity contribution in [2.24, 2.45) is 0 Å². The van der Waals surface area contributed by atoms with E-state index in [1.807, 2.05) is 6.92 Å². The van der Waals surface area contributed by atoms with Crippen molar-refractivity contribution in [1.82, 2.24) is 9.97 Å². The molecule has 5 nitrogen and oxygen atoms in total. The highest BCUT2D eigenvalue weighted by atomic mass is 19.1. The van der Waals surface area contributed by atoms with E-state index in [9.17, 15) is 9.18 Å². The van der Waals surface area contributed by atoms with Gasteiger partial charge >= 0.3 is 0 Å². The lowest BCUT2D eigenvalue weighted by atomic mass is 10.1. The summed E-state index contributed by atoms with van der Waals surface area (Å²) in [5.41, 5.74) is 1.48. The summed E-state index contributed by atoms with van der Waals surface area (Å²) in [5.74, 6) is -0.0628. The number of nitrogens with zero attached hydrogens (tertiary/aromatic N) is 2. The Balaban J connectivity index is 2.13. The predicted molar refractivity (Wildman–Crippen MR) is 83.2 cm³/mol. The molecule has 0 radical (unpaired) electrons. The third kappa shape index (κ3) is 5.10. The van der Waals surface area contributed by atoms with E-state index >= 15 is 0 Å². The summed E-state index contributed by atoms with van der Waals surface area (Å²) in [6, 6.07) is 6.13. The highest BCUT2D eigenvalue weighted by Gasteiger charge is 2.13. The van der Waals surface area contributed by atoms with E-state index in [0.717, 1.165) is 6.20 Å². The lowest BCUT2D eigenvalue weighted by molar-refractivity contribution is 0.0913. The highest BCUT2D eigenvalue weighted by molar-refractivity contribution is 5.95. The molecular formula is C17H19FN2O3. The van der Waals surface area contributed by atoms with Crippen molar-refractivity contribution in [3.05, 3.63) is 53.4 Å². The van der Waals surface area contributed by atoms with Crippen LogP contribution in [-0.4, -0.2) is 35.6 Å². The van der Waals surface area contributed by atoms with Crippen LogP contribution in [0.25, 0.3) is 0 Å². The number of hydrogen-bond donors (Lipinski definition) is 0. The summed E-state index contributed by atoms with van der Waals surface area (Å²) < 4.78 is 23.6. The molecule has 0 aliphatic rings. The van der Waals surface area contributed by atoms with Gasteiger partial charge < -0.3 is 9.47 Å². The van der Waals surface area contributed by atoms with E-state index < -0.39 is 5.82 Å². The van der Waals surface area contributed by atoms with Crippen LogP contribution in [0.1, 0.15) is 28.8 Å². The van der Waals surface area contributed by atoms with Gasteiger partial charge in [-0.25, -0.2) is 9.37 Å². The number of aryl methyl sites for hydroxylation is 1. The number of hydrogen-bond acceptors (Lipinski definition) is 5. The molecule has 23 heavy (non-hydrogen) atoms. The smallest absolute Gasteiger partial charge is 0.187 e. The Bertz CT molecular complexity index is 674. The Morgan fingerprint density at radius 2 is 2.13 bits per heavy atom. The third-order valence-corrected chi connectivity index (χ3v) is 3.08. The number of Topliss-reactive ketones (excluding diaryl/α,β-unsaturated/α-hetero) is 1. The number of ketones is 1. The summed E-state index contributed by atoms with van der Waals surface area (Å²) >= 11 is 0. The molecule has 0 saturated carbocycles. The minimum atomic E-state index is -0.433. The number of halogens is 1. The van der Waals surface area contributed by atoms with Crippen LogP contribution in [0.2, 0.25) is 0 Å². The Hall–Kier alpha value is -2.34. The van der Waals surface area contributed by atoms with Crippen molar-refractivity contribution in [2.45, 2.75) is 26.4 Å². The number of methoxy groups -OCH3 is 1. The van der Waals surface area contributed by atoms with Gasteiger partial charge in [0.15, 0.2) is 5.78 Å². The van der Waals surface area contributed by atoms with Crippen molar-refractivity contribution < 1.29 is 18.7 Å². The molecule has 0 amide bonds. The molecule has 2 heterocycles. The van der Waals surface area contributed by atoms with Gasteiger partial charge in [-0.15, -0.1) is 0 Å². The average Bonchev–Trinajstić information content (AvgIpc) is 2.49. The van der Waals surface area contributed by atoms with Gasteiger partial charge in [-0.05, 0) is 26.0 Å². The van der Waals surface area contributed by atoms with Crippen LogP contribution < -0.4 is 4.74 Å². The highest BCUT2D eigenvalue weighted by Crippen LogP contribution is 2.17. The molecule has 1 atom stereocenters. The van der Waals surface area contributed by atoms with Crippen LogP contribution in [0.5, 0.6) is 5.75 Å². The molecule has 2 rings (SSSR count). The molecule has 2 aromatic heterocycles. The zero-order chi connectivity index (χ0) is 16.8. The van der Waals surface area contributed by atoms with Gasteiger partial charge in [0.2, 0.25) is 0 Å². The molecule has 6 heteroatoms.